The van der Waals surface area contributed by atoms with Crippen LogP contribution in [-0.4, -0.2) is 24.5 Å². The first-order valence-electron chi connectivity index (χ1n) is 15.4. The van der Waals surface area contributed by atoms with Crippen LogP contribution < -0.4 is 0 Å². The van der Waals surface area contributed by atoms with Crippen LogP contribution in [0, 0.1) is 0 Å². The number of hydrogen-bond donors (Lipinski definition) is 0. The lowest BCUT2D eigenvalue weighted by Crippen LogP contribution is -2.06. The van der Waals surface area contributed by atoms with Crippen molar-refractivity contribution in [3.63, 3.8) is 0 Å². The third-order valence-corrected chi connectivity index (χ3v) is 9.95. The zero-order valence-corrected chi connectivity index (χ0v) is 25.6. The molecule has 220 valence electrons. The second-order valence-corrected chi connectivity index (χ2v) is 12.5. The van der Waals surface area contributed by atoms with Gasteiger partial charge in [-0.15, -0.1) is 11.3 Å². The molecule has 0 atom stereocenters. The Bertz CT molecular complexity index is 2760. The van der Waals surface area contributed by atoms with Crippen LogP contribution in [0.5, 0.6) is 0 Å². The maximum absolute atomic E-state index is 6.45. The molecule has 0 aliphatic rings. The Kier molecular flexibility index (Phi) is 5.64. The predicted octanol–water partition coefficient (Wildman–Crippen LogP) is 10.5. The first-order valence-corrected chi connectivity index (χ1v) is 16.2. The summed E-state index contributed by atoms with van der Waals surface area (Å²) in [5, 5.41) is 4.70. The molecule has 47 heavy (non-hydrogen) atoms. The SMILES string of the molecule is c1ccc(-c2nc3cccc(-c4nc(-c5cccc6c5sc5ccccc56)nc(-n5c6ccccc6c6ccccc65)n4)c3o2)cc1. The van der Waals surface area contributed by atoms with Crippen molar-refractivity contribution in [1.29, 1.82) is 0 Å². The highest BCUT2D eigenvalue weighted by atomic mass is 32.1. The highest BCUT2D eigenvalue weighted by molar-refractivity contribution is 7.26. The summed E-state index contributed by atoms with van der Waals surface area (Å²) in [6.45, 7) is 0. The van der Waals surface area contributed by atoms with Gasteiger partial charge in [-0.05, 0) is 48.5 Å². The van der Waals surface area contributed by atoms with Crippen molar-refractivity contribution in [2.75, 3.05) is 0 Å². The average molecular weight is 622 g/mol. The number of fused-ring (bicyclic) bond motifs is 7. The van der Waals surface area contributed by atoms with Gasteiger partial charge in [0.1, 0.15) is 5.52 Å². The van der Waals surface area contributed by atoms with Crippen molar-refractivity contribution in [3.05, 3.63) is 140 Å². The average Bonchev–Trinajstić information content (AvgIpc) is 3.84. The fourth-order valence-corrected chi connectivity index (χ4v) is 7.81. The number of hydrogen-bond acceptors (Lipinski definition) is 6. The van der Waals surface area contributed by atoms with Gasteiger partial charge in [0, 0.05) is 42.1 Å². The van der Waals surface area contributed by atoms with Crippen molar-refractivity contribution in [2.24, 2.45) is 0 Å². The largest absolute Gasteiger partial charge is 0.435 e. The molecule has 0 aliphatic heterocycles. The Morgan fingerprint density at radius 1 is 0.489 bits per heavy atom. The summed E-state index contributed by atoms with van der Waals surface area (Å²) < 4.78 is 11.0. The summed E-state index contributed by atoms with van der Waals surface area (Å²) in [6.07, 6.45) is 0. The van der Waals surface area contributed by atoms with E-state index in [1.807, 2.05) is 48.5 Å². The van der Waals surface area contributed by atoms with E-state index in [4.69, 9.17) is 24.4 Å². The Morgan fingerprint density at radius 2 is 1.11 bits per heavy atom. The summed E-state index contributed by atoms with van der Waals surface area (Å²) in [4.78, 5) is 20.4. The number of nitrogens with zero attached hydrogens (tertiary/aromatic N) is 5. The van der Waals surface area contributed by atoms with E-state index in [0.717, 1.165) is 48.7 Å². The highest BCUT2D eigenvalue weighted by Gasteiger charge is 2.21. The third-order valence-electron chi connectivity index (χ3n) is 8.73. The monoisotopic (exact) mass is 621 g/mol. The van der Waals surface area contributed by atoms with Crippen molar-refractivity contribution < 1.29 is 4.42 Å². The summed E-state index contributed by atoms with van der Waals surface area (Å²) in [7, 11) is 0. The summed E-state index contributed by atoms with van der Waals surface area (Å²) in [6, 6.07) is 47.5. The quantitative estimate of drug-likeness (QED) is 0.196. The van der Waals surface area contributed by atoms with Gasteiger partial charge in [0.05, 0.1) is 16.6 Å². The first-order chi connectivity index (χ1) is 23.3. The number of para-hydroxylation sites is 3. The Hall–Kier alpha value is -6.18. The van der Waals surface area contributed by atoms with E-state index in [1.54, 1.807) is 11.3 Å². The second kappa shape index (κ2) is 10.2. The van der Waals surface area contributed by atoms with Crippen molar-refractivity contribution in [1.82, 2.24) is 24.5 Å². The number of rotatable bonds is 4. The molecule has 6 aromatic carbocycles. The molecule has 4 aromatic heterocycles. The van der Waals surface area contributed by atoms with E-state index in [-0.39, 0.29) is 0 Å². The molecule has 0 bridgehead atoms. The molecule has 10 aromatic rings. The number of aromatic nitrogens is 5. The van der Waals surface area contributed by atoms with Gasteiger partial charge >= 0.3 is 0 Å². The van der Waals surface area contributed by atoms with Crippen LogP contribution in [0.15, 0.2) is 144 Å². The fraction of sp³-hybridized carbons (Fsp3) is 0. The zero-order chi connectivity index (χ0) is 30.9. The molecule has 0 amide bonds. The fourth-order valence-electron chi connectivity index (χ4n) is 6.60. The smallest absolute Gasteiger partial charge is 0.238 e. The van der Waals surface area contributed by atoms with Crippen molar-refractivity contribution in [3.8, 4) is 40.2 Å². The molecule has 0 saturated heterocycles. The number of thiophene rings is 1. The second-order valence-electron chi connectivity index (χ2n) is 11.5. The molecular formula is C40H23N5OS. The van der Waals surface area contributed by atoms with E-state index in [2.05, 4.69) is 95.6 Å². The molecule has 10 rings (SSSR count). The van der Waals surface area contributed by atoms with Gasteiger partial charge in [0.15, 0.2) is 17.2 Å². The van der Waals surface area contributed by atoms with Gasteiger partial charge in [-0.1, -0.05) is 91.0 Å². The van der Waals surface area contributed by atoms with Crippen LogP contribution >= 0.6 is 11.3 Å². The zero-order valence-electron chi connectivity index (χ0n) is 24.8. The number of benzene rings is 6. The molecule has 0 aliphatic carbocycles. The Labute approximate surface area is 272 Å². The van der Waals surface area contributed by atoms with E-state index in [1.165, 1.54) is 15.5 Å². The summed E-state index contributed by atoms with van der Waals surface area (Å²) in [5.41, 5.74) is 6.07. The minimum absolute atomic E-state index is 0.520. The van der Waals surface area contributed by atoms with Gasteiger partial charge < -0.3 is 4.42 Å². The molecule has 6 nitrogen and oxygen atoms in total. The van der Waals surface area contributed by atoms with E-state index >= 15 is 0 Å². The van der Waals surface area contributed by atoms with Crippen LogP contribution in [0.4, 0.5) is 0 Å². The summed E-state index contributed by atoms with van der Waals surface area (Å²) >= 11 is 1.76. The molecule has 7 heteroatoms. The first kappa shape index (κ1) is 26.1. The van der Waals surface area contributed by atoms with Gasteiger partial charge in [0.2, 0.25) is 11.8 Å². The van der Waals surface area contributed by atoms with E-state index < -0.39 is 0 Å². The third kappa shape index (κ3) is 4.03. The molecule has 0 spiro atoms. The number of oxazole rings is 1. The maximum atomic E-state index is 6.45. The van der Waals surface area contributed by atoms with Crippen molar-refractivity contribution in [2.45, 2.75) is 0 Å². The van der Waals surface area contributed by atoms with Crippen LogP contribution in [-0.2, 0) is 0 Å². The lowest BCUT2D eigenvalue weighted by atomic mass is 10.1. The standard InChI is InChI=1S/C40H23N5OS/c1-2-12-24(13-3-1)39-41-31-20-11-18-29(35(31)46-39)37-42-38(30-19-10-17-28-27-16-6-9-23-34(27)47-36(28)30)44-40(43-37)45-32-21-7-4-14-25(32)26-15-5-8-22-33(26)45/h1-23H. The minimum Gasteiger partial charge on any atom is -0.435 e. The summed E-state index contributed by atoms with van der Waals surface area (Å²) in [5.74, 6) is 2.22. The van der Waals surface area contributed by atoms with Gasteiger partial charge in [0.25, 0.3) is 0 Å². The van der Waals surface area contributed by atoms with Crippen LogP contribution in [0.25, 0.3) is 93.3 Å². The molecule has 0 fully saturated rings. The van der Waals surface area contributed by atoms with Gasteiger partial charge in [-0.3, -0.25) is 4.57 Å². The van der Waals surface area contributed by atoms with Crippen LogP contribution in [0.2, 0.25) is 0 Å². The normalized spacial score (nSPS) is 11.8. The van der Waals surface area contributed by atoms with E-state index in [9.17, 15) is 0 Å². The molecule has 0 unspecified atom stereocenters. The minimum atomic E-state index is 0.520. The molecular weight excluding hydrogens is 599 g/mol. The molecule has 0 N–H and O–H groups in total. The lowest BCUT2D eigenvalue weighted by molar-refractivity contribution is 0.620. The Morgan fingerprint density at radius 3 is 1.89 bits per heavy atom. The van der Waals surface area contributed by atoms with Gasteiger partial charge in [-0.2, -0.15) is 9.97 Å². The lowest BCUT2D eigenvalue weighted by Gasteiger charge is -2.11. The van der Waals surface area contributed by atoms with Crippen LogP contribution in [0.1, 0.15) is 0 Å². The van der Waals surface area contributed by atoms with Gasteiger partial charge in [-0.25, -0.2) is 9.97 Å². The molecule has 4 heterocycles. The van der Waals surface area contributed by atoms with E-state index in [0.29, 0.717) is 29.1 Å². The van der Waals surface area contributed by atoms with Crippen molar-refractivity contribution >= 4 is 64.4 Å². The topological polar surface area (TPSA) is 69.6 Å². The maximum Gasteiger partial charge on any atom is 0.238 e. The predicted molar refractivity (Wildman–Crippen MR) is 191 cm³/mol. The Balaban J connectivity index is 1.28. The highest BCUT2D eigenvalue weighted by Crippen LogP contribution is 2.40. The van der Waals surface area contributed by atoms with Crippen LogP contribution in [0.3, 0.4) is 0 Å². The molecule has 0 radical (unpaired) electrons. The molecule has 0 saturated carbocycles.